The predicted octanol–water partition coefficient (Wildman–Crippen LogP) is 1.16. The van der Waals surface area contributed by atoms with E-state index >= 15 is 0 Å². The number of hydrogen-bond donors (Lipinski definition) is 2. The van der Waals surface area contributed by atoms with Gasteiger partial charge in [0.15, 0.2) is 0 Å². The number of nitrogens with one attached hydrogen (secondary N) is 1. The Balaban J connectivity index is 2.27. The van der Waals surface area contributed by atoms with Crippen LogP contribution in [0.5, 0.6) is 0 Å². The number of nitrogens with zero attached hydrogens (tertiary/aromatic N) is 3. The fourth-order valence-corrected chi connectivity index (χ4v) is 5.71. The summed E-state index contributed by atoms with van der Waals surface area (Å²) in [6, 6.07) is -0.238. The maximum absolute atomic E-state index is 13.4. The van der Waals surface area contributed by atoms with Crippen LogP contribution in [0.4, 0.5) is 0 Å². The molecule has 1 aromatic rings. The quantitative estimate of drug-likeness (QED) is 0.682. The molecular formula is C18H33N5O3S. The minimum atomic E-state index is -3.67. The molecule has 2 rings (SSSR count). The third-order valence-electron chi connectivity index (χ3n) is 4.90. The number of aromatic nitrogens is 2. The fraction of sp³-hybridized carbons (Fsp3) is 0.778. The number of nitrogens with two attached hydrogens (primary N) is 1. The number of carbonyl (C=O) groups is 1. The van der Waals surface area contributed by atoms with Gasteiger partial charge in [0.05, 0.1) is 11.4 Å². The van der Waals surface area contributed by atoms with Crippen LogP contribution in [0.25, 0.3) is 0 Å². The third-order valence-corrected chi connectivity index (χ3v) is 7.10. The summed E-state index contributed by atoms with van der Waals surface area (Å²) in [5.41, 5.74) is 6.61. The van der Waals surface area contributed by atoms with Crippen LogP contribution in [0, 0.1) is 19.8 Å². The molecule has 1 amide bonds. The first kappa shape index (κ1) is 21.8. The van der Waals surface area contributed by atoms with Crippen molar-refractivity contribution in [1.82, 2.24) is 19.4 Å². The van der Waals surface area contributed by atoms with Gasteiger partial charge in [-0.25, -0.2) is 8.42 Å². The summed E-state index contributed by atoms with van der Waals surface area (Å²) >= 11 is 0. The molecule has 0 radical (unpaired) electrons. The Bertz CT molecular complexity index is 757. The second-order valence-electron chi connectivity index (χ2n) is 7.68. The molecule has 1 unspecified atom stereocenters. The van der Waals surface area contributed by atoms with Crippen molar-refractivity contribution in [3.8, 4) is 0 Å². The zero-order valence-electron chi connectivity index (χ0n) is 16.9. The Labute approximate surface area is 162 Å². The van der Waals surface area contributed by atoms with Crippen molar-refractivity contribution in [2.24, 2.45) is 11.7 Å². The Morgan fingerprint density at radius 3 is 2.67 bits per heavy atom. The Morgan fingerprint density at radius 2 is 2.04 bits per heavy atom. The monoisotopic (exact) mass is 399 g/mol. The lowest BCUT2D eigenvalue weighted by Crippen LogP contribution is -2.49. The molecule has 1 fully saturated rings. The molecule has 1 aliphatic heterocycles. The van der Waals surface area contributed by atoms with Gasteiger partial charge in [-0.1, -0.05) is 20.3 Å². The number of hydrogen-bond acceptors (Lipinski definition) is 5. The van der Waals surface area contributed by atoms with Gasteiger partial charge in [0.1, 0.15) is 4.90 Å². The van der Waals surface area contributed by atoms with E-state index in [1.807, 2.05) is 6.92 Å². The molecule has 8 nitrogen and oxygen atoms in total. The van der Waals surface area contributed by atoms with Gasteiger partial charge >= 0.3 is 0 Å². The predicted molar refractivity (Wildman–Crippen MR) is 105 cm³/mol. The topological polar surface area (TPSA) is 110 Å². The van der Waals surface area contributed by atoms with Crippen LogP contribution in [0.15, 0.2) is 4.90 Å². The summed E-state index contributed by atoms with van der Waals surface area (Å²) in [6.45, 7) is 9.47. The van der Waals surface area contributed by atoms with Gasteiger partial charge < -0.3 is 11.1 Å². The summed E-state index contributed by atoms with van der Waals surface area (Å²) in [5.74, 6) is 0.233. The molecule has 3 N–H and O–H groups in total. The number of amides is 1. The lowest BCUT2D eigenvalue weighted by Gasteiger charge is -2.34. The molecule has 1 aliphatic rings. The molecule has 0 spiro atoms. The molecule has 1 aromatic heterocycles. The van der Waals surface area contributed by atoms with Crippen LogP contribution in [-0.4, -0.2) is 54.1 Å². The largest absolute Gasteiger partial charge is 0.354 e. The van der Waals surface area contributed by atoms with Crippen LogP contribution in [-0.2, 0) is 21.4 Å². The average Bonchev–Trinajstić information content (AvgIpc) is 2.87. The normalized spacial score (nSPS) is 18.8. The van der Waals surface area contributed by atoms with Crippen molar-refractivity contribution < 1.29 is 13.2 Å². The van der Waals surface area contributed by atoms with Gasteiger partial charge in [-0.05, 0) is 32.6 Å². The number of piperidine rings is 1. The molecule has 154 valence electrons. The van der Waals surface area contributed by atoms with E-state index in [0.29, 0.717) is 41.8 Å². The first-order valence-electron chi connectivity index (χ1n) is 9.71. The average molecular weight is 400 g/mol. The highest BCUT2D eigenvalue weighted by atomic mass is 32.2. The lowest BCUT2D eigenvalue weighted by atomic mass is 10.1. The lowest BCUT2D eigenvalue weighted by molar-refractivity contribution is -0.121. The fourth-order valence-electron chi connectivity index (χ4n) is 3.64. The first-order chi connectivity index (χ1) is 12.7. The molecule has 1 saturated heterocycles. The molecule has 0 aliphatic carbocycles. The second kappa shape index (κ2) is 9.16. The number of rotatable bonds is 8. The van der Waals surface area contributed by atoms with Crippen molar-refractivity contribution in [1.29, 1.82) is 0 Å². The molecule has 27 heavy (non-hydrogen) atoms. The number of sulfonamides is 1. The standard InChI is InChI=1S/C18H33N5O3S/c1-13(2)12-22-15(4)18(14(3)21-22)27(25,26)23-10-6-5-7-16(23)11-20-17(24)8-9-19/h13,16H,5-12,19H2,1-4H3,(H,20,24). The van der Waals surface area contributed by atoms with Crippen LogP contribution in [0.1, 0.15) is 50.9 Å². The number of carbonyl (C=O) groups excluding carboxylic acids is 1. The van der Waals surface area contributed by atoms with Gasteiger partial charge in [0, 0.05) is 38.6 Å². The van der Waals surface area contributed by atoms with Crippen molar-refractivity contribution >= 4 is 15.9 Å². The van der Waals surface area contributed by atoms with Crippen molar-refractivity contribution in [2.45, 2.75) is 70.9 Å². The Morgan fingerprint density at radius 1 is 1.33 bits per heavy atom. The van der Waals surface area contributed by atoms with E-state index < -0.39 is 10.0 Å². The highest BCUT2D eigenvalue weighted by Gasteiger charge is 2.37. The van der Waals surface area contributed by atoms with E-state index in [1.54, 1.807) is 15.9 Å². The van der Waals surface area contributed by atoms with Gasteiger partial charge in [0.2, 0.25) is 15.9 Å². The van der Waals surface area contributed by atoms with Crippen molar-refractivity contribution in [3.63, 3.8) is 0 Å². The van der Waals surface area contributed by atoms with E-state index in [4.69, 9.17) is 5.73 Å². The molecule has 9 heteroatoms. The molecule has 2 heterocycles. The van der Waals surface area contributed by atoms with E-state index in [2.05, 4.69) is 24.3 Å². The highest BCUT2D eigenvalue weighted by Crippen LogP contribution is 2.29. The smallest absolute Gasteiger partial charge is 0.247 e. The maximum atomic E-state index is 13.4. The Kier molecular flexibility index (Phi) is 7.41. The van der Waals surface area contributed by atoms with Crippen LogP contribution < -0.4 is 11.1 Å². The zero-order valence-corrected chi connectivity index (χ0v) is 17.7. The zero-order chi connectivity index (χ0) is 20.2. The molecule has 0 saturated carbocycles. The summed E-state index contributed by atoms with van der Waals surface area (Å²) < 4.78 is 30.2. The van der Waals surface area contributed by atoms with E-state index in [9.17, 15) is 13.2 Å². The van der Waals surface area contributed by atoms with Gasteiger partial charge in [-0.15, -0.1) is 0 Å². The number of aryl methyl sites for hydroxylation is 1. The summed E-state index contributed by atoms with van der Waals surface area (Å²) in [4.78, 5) is 12.1. The Hall–Kier alpha value is -1.45. The summed E-state index contributed by atoms with van der Waals surface area (Å²) in [7, 11) is -3.67. The minimum Gasteiger partial charge on any atom is -0.354 e. The first-order valence-corrected chi connectivity index (χ1v) is 11.1. The maximum Gasteiger partial charge on any atom is 0.247 e. The van der Waals surface area contributed by atoms with Crippen LogP contribution >= 0.6 is 0 Å². The highest BCUT2D eigenvalue weighted by molar-refractivity contribution is 7.89. The van der Waals surface area contributed by atoms with Crippen molar-refractivity contribution in [2.75, 3.05) is 19.6 Å². The van der Waals surface area contributed by atoms with Gasteiger partial charge in [-0.3, -0.25) is 9.48 Å². The van der Waals surface area contributed by atoms with Crippen LogP contribution in [0.2, 0.25) is 0 Å². The molecule has 0 aromatic carbocycles. The third kappa shape index (κ3) is 5.08. The SMILES string of the molecule is Cc1nn(CC(C)C)c(C)c1S(=O)(=O)N1CCCCC1CNC(=O)CCN. The van der Waals surface area contributed by atoms with Crippen LogP contribution in [0.3, 0.4) is 0 Å². The minimum absolute atomic E-state index is 0.141. The summed E-state index contributed by atoms with van der Waals surface area (Å²) in [5, 5.41) is 7.28. The van der Waals surface area contributed by atoms with Crippen molar-refractivity contribution in [3.05, 3.63) is 11.4 Å². The van der Waals surface area contributed by atoms with E-state index in [1.165, 1.54) is 0 Å². The summed E-state index contributed by atoms with van der Waals surface area (Å²) in [6.07, 6.45) is 2.76. The van der Waals surface area contributed by atoms with E-state index in [0.717, 1.165) is 19.3 Å². The molecule has 0 bridgehead atoms. The molecular weight excluding hydrogens is 366 g/mol. The molecule has 1 atom stereocenters. The van der Waals surface area contributed by atoms with Gasteiger partial charge in [-0.2, -0.15) is 9.40 Å². The second-order valence-corrected chi connectivity index (χ2v) is 9.51. The van der Waals surface area contributed by atoms with Gasteiger partial charge in [0.25, 0.3) is 0 Å². The van der Waals surface area contributed by atoms with E-state index in [-0.39, 0.29) is 24.9 Å².